The van der Waals surface area contributed by atoms with Crippen LogP contribution in [0.5, 0.6) is 0 Å². The van der Waals surface area contributed by atoms with Gasteiger partial charge in [-0.3, -0.25) is 4.68 Å². The second-order valence-electron chi connectivity index (χ2n) is 3.43. The predicted molar refractivity (Wildman–Crippen MR) is 68.5 cm³/mol. The fourth-order valence-corrected chi connectivity index (χ4v) is 3.36. The lowest BCUT2D eigenvalue weighted by Crippen LogP contribution is -1.98. The van der Waals surface area contributed by atoms with E-state index in [-0.39, 0.29) is 0 Å². The Labute approximate surface area is 117 Å². The van der Waals surface area contributed by atoms with Crippen molar-refractivity contribution in [2.75, 3.05) is 0 Å². The molecule has 0 unspecified atom stereocenters. The SMILES string of the molecule is Cn1ncc(I)c1-c1nn2c(C(F)F)nnc2s1. The van der Waals surface area contributed by atoms with Gasteiger partial charge in [-0.15, -0.1) is 10.2 Å². The first kappa shape index (κ1) is 11.9. The van der Waals surface area contributed by atoms with Crippen molar-refractivity contribution >= 4 is 38.9 Å². The van der Waals surface area contributed by atoms with Gasteiger partial charge in [0.05, 0.1) is 9.77 Å². The Bertz CT molecular complexity index is 697. The lowest BCUT2D eigenvalue weighted by molar-refractivity contribution is 0.137. The molecule has 0 bridgehead atoms. The Hall–Kier alpha value is -1.17. The van der Waals surface area contributed by atoms with E-state index >= 15 is 0 Å². The average Bonchev–Trinajstić information content (AvgIpc) is 2.92. The third kappa shape index (κ3) is 1.70. The summed E-state index contributed by atoms with van der Waals surface area (Å²) in [4.78, 5) is 0.345. The van der Waals surface area contributed by atoms with E-state index in [4.69, 9.17) is 0 Å². The molecule has 0 radical (unpaired) electrons. The van der Waals surface area contributed by atoms with Crippen LogP contribution in [0.15, 0.2) is 6.20 Å². The van der Waals surface area contributed by atoms with Gasteiger partial charge < -0.3 is 0 Å². The molecule has 0 aromatic carbocycles. The Morgan fingerprint density at radius 2 is 2.17 bits per heavy atom. The van der Waals surface area contributed by atoms with Gasteiger partial charge in [-0.05, 0) is 22.6 Å². The highest BCUT2D eigenvalue weighted by Gasteiger charge is 2.21. The van der Waals surface area contributed by atoms with E-state index in [1.165, 1.54) is 11.3 Å². The van der Waals surface area contributed by atoms with Crippen LogP contribution in [0, 0.1) is 3.57 Å². The molecule has 0 aliphatic rings. The van der Waals surface area contributed by atoms with Crippen LogP contribution in [0.25, 0.3) is 15.7 Å². The minimum atomic E-state index is -2.69. The Morgan fingerprint density at radius 1 is 1.39 bits per heavy atom. The molecule has 3 heterocycles. The zero-order valence-corrected chi connectivity index (χ0v) is 11.9. The van der Waals surface area contributed by atoms with Gasteiger partial charge in [0.25, 0.3) is 6.43 Å². The standard InChI is InChI=1S/C8H5F2IN6S/c1-16-4(3(11)2-12-16)7-15-17-6(5(9)10)13-14-8(17)18-7/h2,5H,1H3. The minimum Gasteiger partial charge on any atom is -0.264 e. The molecule has 0 fully saturated rings. The van der Waals surface area contributed by atoms with Gasteiger partial charge in [0, 0.05) is 7.05 Å². The van der Waals surface area contributed by atoms with Gasteiger partial charge in [0.15, 0.2) is 5.01 Å². The maximum atomic E-state index is 12.7. The number of rotatable bonds is 2. The Balaban J connectivity index is 2.20. The lowest BCUT2D eigenvalue weighted by Gasteiger charge is -1.97. The number of nitrogens with zero attached hydrogens (tertiary/aromatic N) is 6. The van der Waals surface area contributed by atoms with Crippen molar-refractivity contribution in [2.45, 2.75) is 6.43 Å². The molecule has 0 N–H and O–H groups in total. The van der Waals surface area contributed by atoms with Crippen molar-refractivity contribution in [2.24, 2.45) is 7.05 Å². The van der Waals surface area contributed by atoms with Crippen LogP contribution in [0.3, 0.4) is 0 Å². The number of aryl methyl sites for hydroxylation is 1. The van der Waals surface area contributed by atoms with E-state index in [1.807, 2.05) is 0 Å². The smallest absolute Gasteiger partial charge is 0.264 e. The largest absolute Gasteiger partial charge is 0.299 e. The highest BCUT2D eigenvalue weighted by atomic mass is 127. The Kier molecular flexibility index (Phi) is 2.77. The van der Waals surface area contributed by atoms with Crippen molar-refractivity contribution in [3.63, 3.8) is 0 Å². The molecule has 0 saturated heterocycles. The van der Waals surface area contributed by atoms with Gasteiger partial charge in [-0.25, -0.2) is 8.78 Å². The molecule has 0 aliphatic carbocycles. The molecule has 0 saturated carbocycles. The van der Waals surface area contributed by atoms with Gasteiger partial charge >= 0.3 is 0 Å². The van der Waals surface area contributed by atoms with Gasteiger partial charge in [0.1, 0.15) is 5.69 Å². The first-order valence-electron chi connectivity index (χ1n) is 4.76. The zero-order valence-electron chi connectivity index (χ0n) is 8.88. The molecule has 3 aromatic heterocycles. The van der Waals surface area contributed by atoms with Crippen LogP contribution < -0.4 is 0 Å². The van der Waals surface area contributed by atoms with Crippen LogP contribution in [-0.2, 0) is 7.05 Å². The van der Waals surface area contributed by atoms with Crippen molar-refractivity contribution in [3.8, 4) is 10.7 Å². The van der Waals surface area contributed by atoms with E-state index < -0.39 is 12.2 Å². The summed E-state index contributed by atoms with van der Waals surface area (Å²) in [6.45, 7) is 0. The summed E-state index contributed by atoms with van der Waals surface area (Å²) in [5.74, 6) is -0.440. The monoisotopic (exact) mass is 382 g/mol. The molecular weight excluding hydrogens is 377 g/mol. The first-order chi connectivity index (χ1) is 8.58. The van der Waals surface area contributed by atoms with E-state index in [0.717, 1.165) is 13.8 Å². The third-order valence-electron chi connectivity index (χ3n) is 2.31. The van der Waals surface area contributed by atoms with Crippen molar-refractivity contribution in [3.05, 3.63) is 15.6 Å². The summed E-state index contributed by atoms with van der Waals surface area (Å²) in [6, 6.07) is 0. The van der Waals surface area contributed by atoms with E-state index in [9.17, 15) is 8.78 Å². The number of hydrogen-bond acceptors (Lipinski definition) is 5. The van der Waals surface area contributed by atoms with Gasteiger partial charge in [-0.1, -0.05) is 11.3 Å². The third-order valence-corrected chi connectivity index (χ3v) is 4.00. The number of fused-ring (bicyclic) bond motifs is 1. The zero-order chi connectivity index (χ0) is 12.9. The normalized spacial score (nSPS) is 11.8. The van der Waals surface area contributed by atoms with Crippen LogP contribution in [-0.4, -0.2) is 29.6 Å². The van der Waals surface area contributed by atoms with Crippen molar-refractivity contribution in [1.29, 1.82) is 0 Å². The lowest BCUT2D eigenvalue weighted by atomic mass is 10.4. The number of aromatic nitrogens is 6. The molecule has 0 atom stereocenters. The molecule has 3 rings (SSSR count). The van der Waals surface area contributed by atoms with Gasteiger partial charge in [0.2, 0.25) is 10.8 Å². The fraction of sp³-hybridized carbons (Fsp3) is 0.250. The minimum absolute atomic E-state index is 0.345. The van der Waals surface area contributed by atoms with Crippen LogP contribution in [0.2, 0.25) is 0 Å². The molecule has 0 spiro atoms. The van der Waals surface area contributed by atoms with Crippen molar-refractivity contribution < 1.29 is 8.78 Å². The molecule has 0 aliphatic heterocycles. The quantitative estimate of drug-likeness (QED) is 0.638. The number of hydrogen-bond donors (Lipinski definition) is 0. The molecular formula is C8H5F2IN6S. The first-order valence-corrected chi connectivity index (χ1v) is 6.65. The molecule has 18 heavy (non-hydrogen) atoms. The second-order valence-corrected chi connectivity index (χ2v) is 5.54. The van der Waals surface area contributed by atoms with Crippen LogP contribution in [0.4, 0.5) is 8.78 Å². The average molecular weight is 382 g/mol. The Morgan fingerprint density at radius 3 is 2.78 bits per heavy atom. The summed E-state index contributed by atoms with van der Waals surface area (Å²) in [5, 5.41) is 15.9. The highest BCUT2D eigenvalue weighted by molar-refractivity contribution is 14.1. The molecule has 10 heteroatoms. The van der Waals surface area contributed by atoms with E-state index in [2.05, 4.69) is 43.0 Å². The van der Waals surface area contributed by atoms with E-state index in [1.54, 1.807) is 17.9 Å². The maximum Gasteiger partial charge on any atom is 0.299 e. The van der Waals surface area contributed by atoms with Crippen LogP contribution >= 0.6 is 33.9 Å². The van der Waals surface area contributed by atoms with Gasteiger partial charge in [-0.2, -0.15) is 14.7 Å². The van der Waals surface area contributed by atoms with E-state index in [0.29, 0.717) is 9.97 Å². The molecule has 6 nitrogen and oxygen atoms in total. The fourth-order valence-electron chi connectivity index (χ4n) is 1.52. The summed E-state index contributed by atoms with van der Waals surface area (Å²) in [7, 11) is 1.77. The summed E-state index contributed by atoms with van der Waals surface area (Å²) >= 11 is 3.32. The maximum absolute atomic E-state index is 12.7. The summed E-state index contributed by atoms with van der Waals surface area (Å²) in [5.41, 5.74) is 0.784. The summed E-state index contributed by atoms with van der Waals surface area (Å²) < 4.78 is 29.0. The van der Waals surface area contributed by atoms with Crippen LogP contribution in [0.1, 0.15) is 12.2 Å². The highest BCUT2D eigenvalue weighted by Crippen LogP contribution is 2.30. The molecule has 0 amide bonds. The topological polar surface area (TPSA) is 60.9 Å². The predicted octanol–water partition coefficient (Wildman–Crippen LogP) is 2.13. The number of halogens is 3. The summed E-state index contributed by atoms with van der Waals surface area (Å²) in [6.07, 6.45) is -1.01. The molecule has 3 aromatic rings. The number of alkyl halides is 2. The molecule has 94 valence electrons. The second kappa shape index (κ2) is 4.19. The van der Waals surface area contributed by atoms with Crippen molar-refractivity contribution in [1.82, 2.24) is 29.6 Å².